The molecule has 116 valence electrons. The Bertz CT molecular complexity index is 484. The van der Waals surface area contributed by atoms with Crippen LogP contribution in [0, 0.1) is 5.92 Å². The molecule has 2 fully saturated rings. The lowest BCUT2D eigenvalue weighted by molar-refractivity contribution is -0.123. The maximum Gasteiger partial charge on any atom is 0.141 e. The van der Waals surface area contributed by atoms with E-state index in [0.29, 0.717) is 11.8 Å². The Kier molecular flexibility index (Phi) is 4.68. The fraction of sp³-hybridized carbons (Fsp3) is 0.812. The predicted octanol–water partition coefficient (Wildman–Crippen LogP) is 2.41. The van der Waals surface area contributed by atoms with E-state index < -0.39 is 0 Å². The van der Waals surface area contributed by atoms with Gasteiger partial charge < -0.3 is 0 Å². The van der Waals surface area contributed by atoms with Crippen molar-refractivity contribution in [3.05, 3.63) is 12.2 Å². The Hall–Kier alpha value is -1.23. The second kappa shape index (κ2) is 6.69. The number of aryl methyl sites for hydroxylation is 1. The number of aromatic nitrogens is 3. The van der Waals surface area contributed by atoms with Crippen LogP contribution in [0.4, 0.5) is 0 Å². The number of rotatable bonds is 5. The van der Waals surface area contributed by atoms with E-state index in [4.69, 9.17) is 0 Å². The van der Waals surface area contributed by atoms with E-state index in [1.807, 2.05) is 4.68 Å². The maximum atomic E-state index is 12.1. The minimum atomic E-state index is 0.271. The summed E-state index contributed by atoms with van der Waals surface area (Å²) in [5.41, 5.74) is 0. The third-order valence-corrected chi connectivity index (χ3v) is 4.96. The Morgan fingerprint density at radius 3 is 2.95 bits per heavy atom. The number of Topliss-reactive ketones (excluding diaryl/α,β-unsaturated/α-hetero) is 1. The fourth-order valence-electron chi connectivity index (χ4n) is 3.91. The predicted molar refractivity (Wildman–Crippen MR) is 80.7 cm³/mol. The zero-order valence-corrected chi connectivity index (χ0v) is 13.0. The average molecular weight is 290 g/mol. The van der Waals surface area contributed by atoms with Crippen LogP contribution in [0.1, 0.15) is 57.7 Å². The zero-order valence-electron chi connectivity index (χ0n) is 13.0. The smallest absolute Gasteiger partial charge is 0.141 e. The van der Waals surface area contributed by atoms with E-state index in [-0.39, 0.29) is 5.92 Å². The molecule has 2 heterocycles. The van der Waals surface area contributed by atoms with Gasteiger partial charge in [-0.05, 0) is 38.6 Å². The summed E-state index contributed by atoms with van der Waals surface area (Å²) in [6, 6.07) is 0.431. The number of hydrogen-bond donors (Lipinski definition) is 0. The fourth-order valence-corrected chi connectivity index (χ4v) is 3.91. The molecule has 2 aliphatic rings. The standard InChI is InChI=1S/C16H26N4O/c1-2-9-20-16(17-12-18-20)11-19-10-4-3-7-14(19)13-6-5-8-15(13)21/h12-14H,2-11H2,1H3. The van der Waals surface area contributed by atoms with Crippen LogP contribution in [-0.2, 0) is 17.9 Å². The first-order valence-corrected chi connectivity index (χ1v) is 8.43. The summed E-state index contributed by atoms with van der Waals surface area (Å²) in [6.07, 6.45) is 9.35. The van der Waals surface area contributed by atoms with Gasteiger partial charge in [0.2, 0.25) is 0 Å². The topological polar surface area (TPSA) is 51.0 Å². The van der Waals surface area contributed by atoms with Gasteiger partial charge in [0.25, 0.3) is 0 Å². The van der Waals surface area contributed by atoms with Crippen LogP contribution in [0.25, 0.3) is 0 Å². The van der Waals surface area contributed by atoms with Gasteiger partial charge in [-0.25, -0.2) is 9.67 Å². The van der Waals surface area contributed by atoms with Crippen molar-refractivity contribution in [2.75, 3.05) is 6.54 Å². The van der Waals surface area contributed by atoms with Gasteiger partial charge in [0.1, 0.15) is 17.9 Å². The Morgan fingerprint density at radius 2 is 2.19 bits per heavy atom. The molecule has 0 amide bonds. The monoisotopic (exact) mass is 290 g/mol. The van der Waals surface area contributed by atoms with Crippen molar-refractivity contribution >= 4 is 5.78 Å². The van der Waals surface area contributed by atoms with Gasteiger partial charge in [-0.3, -0.25) is 9.69 Å². The number of nitrogens with zero attached hydrogens (tertiary/aromatic N) is 4. The lowest BCUT2D eigenvalue weighted by Crippen LogP contribution is -2.45. The highest BCUT2D eigenvalue weighted by atomic mass is 16.1. The van der Waals surface area contributed by atoms with Crippen LogP contribution in [0.5, 0.6) is 0 Å². The van der Waals surface area contributed by atoms with Gasteiger partial charge in [-0.2, -0.15) is 5.10 Å². The SMILES string of the molecule is CCCn1ncnc1CN1CCCCC1C1CCCC1=O. The van der Waals surface area contributed by atoms with E-state index >= 15 is 0 Å². The molecular formula is C16H26N4O. The summed E-state index contributed by atoms with van der Waals surface area (Å²) in [7, 11) is 0. The number of likely N-dealkylation sites (tertiary alicyclic amines) is 1. The normalized spacial score (nSPS) is 27.4. The van der Waals surface area contributed by atoms with Crippen LogP contribution >= 0.6 is 0 Å². The third kappa shape index (κ3) is 3.18. The number of piperidine rings is 1. The summed E-state index contributed by atoms with van der Waals surface area (Å²) in [5.74, 6) is 1.81. The van der Waals surface area contributed by atoms with Crippen LogP contribution in [0.3, 0.4) is 0 Å². The summed E-state index contributed by atoms with van der Waals surface area (Å²) in [5, 5.41) is 4.32. The summed E-state index contributed by atoms with van der Waals surface area (Å²) >= 11 is 0. The molecule has 5 heteroatoms. The van der Waals surface area contributed by atoms with Crippen LogP contribution in [0.2, 0.25) is 0 Å². The Labute approximate surface area is 126 Å². The minimum Gasteiger partial charge on any atom is -0.299 e. The molecule has 1 saturated heterocycles. The first-order chi connectivity index (χ1) is 10.3. The molecule has 1 saturated carbocycles. The van der Waals surface area contributed by atoms with Gasteiger partial charge in [0, 0.05) is 24.9 Å². The first kappa shape index (κ1) is 14.7. The Balaban J connectivity index is 1.72. The van der Waals surface area contributed by atoms with Crippen molar-refractivity contribution < 1.29 is 4.79 Å². The number of ketones is 1. The lowest BCUT2D eigenvalue weighted by atomic mass is 9.88. The van der Waals surface area contributed by atoms with Gasteiger partial charge in [0.05, 0.1) is 6.54 Å². The molecular weight excluding hydrogens is 264 g/mol. The van der Waals surface area contributed by atoms with Crippen LogP contribution in [-0.4, -0.2) is 38.0 Å². The van der Waals surface area contributed by atoms with Crippen molar-refractivity contribution in [1.82, 2.24) is 19.7 Å². The highest BCUT2D eigenvalue weighted by Crippen LogP contribution is 2.33. The molecule has 1 aliphatic carbocycles. The van der Waals surface area contributed by atoms with Crippen molar-refractivity contribution in [2.45, 2.75) is 71.0 Å². The van der Waals surface area contributed by atoms with Gasteiger partial charge >= 0.3 is 0 Å². The van der Waals surface area contributed by atoms with E-state index in [0.717, 1.165) is 51.1 Å². The molecule has 0 spiro atoms. The second-order valence-corrected chi connectivity index (χ2v) is 6.40. The van der Waals surface area contributed by atoms with Crippen molar-refractivity contribution in [2.24, 2.45) is 5.92 Å². The molecule has 0 N–H and O–H groups in total. The number of carbonyl (C=O) groups excluding carboxylic acids is 1. The number of hydrogen-bond acceptors (Lipinski definition) is 4. The molecule has 0 radical (unpaired) electrons. The summed E-state index contributed by atoms with van der Waals surface area (Å²) in [4.78, 5) is 19.1. The average Bonchev–Trinajstić information content (AvgIpc) is 3.10. The molecule has 21 heavy (non-hydrogen) atoms. The summed E-state index contributed by atoms with van der Waals surface area (Å²) in [6.45, 7) is 5.02. The highest BCUT2D eigenvalue weighted by molar-refractivity contribution is 5.83. The molecule has 1 aromatic heterocycles. The minimum absolute atomic E-state index is 0.271. The van der Waals surface area contributed by atoms with Crippen LogP contribution < -0.4 is 0 Å². The second-order valence-electron chi connectivity index (χ2n) is 6.40. The van der Waals surface area contributed by atoms with Gasteiger partial charge in [-0.15, -0.1) is 0 Å². The molecule has 2 atom stereocenters. The molecule has 0 bridgehead atoms. The third-order valence-electron chi connectivity index (χ3n) is 4.96. The van der Waals surface area contributed by atoms with Crippen LogP contribution in [0.15, 0.2) is 6.33 Å². The molecule has 0 aromatic carbocycles. The van der Waals surface area contributed by atoms with Crippen molar-refractivity contribution in [1.29, 1.82) is 0 Å². The largest absolute Gasteiger partial charge is 0.299 e. The molecule has 1 aromatic rings. The first-order valence-electron chi connectivity index (χ1n) is 8.43. The quantitative estimate of drug-likeness (QED) is 0.835. The maximum absolute atomic E-state index is 12.1. The lowest BCUT2D eigenvalue weighted by Gasteiger charge is -2.38. The van der Waals surface area contributed by atoms with E-state index in [1.165, 1.54) is 19.3 Å². The highest BCUT2D eigenvalue weighted by Gasteiger charge is 2.37. The molecule has 3 rings (SSSR count). The number of carbonyl (C=O) groups is 1. The Morgan fingerprint density at radius 1 is 1.29 bits per heavy atom. The molecule has 1 aliphatic heterocycles. The molecule has 2 unspecified atom stereocenters. The zero-order chi connectivity index (χ0) is 14.7. The van der Waals surface area contributed by atoms with Crippen molar-refractivity contribution in [3.63, 3.8) is 0 Å². The summed E-state index contributed by atoms with van der Waals surface area (Å²) < 4.78 is 2.02. The van der Waals surface area contributed by atoms with Crippen molar-refractivity contribution in [3.8, 4) is 0 Å². The van der Waals surface area contributed by atoms with Gasteiger partial charge in [0.15, 0.2) is 0 Å². The van der Waals surface area contributed by atoms with E-state index in [2.05, 4.69) is 21.9 Å². The van der Waals surface area contributed by atoms with E-state index in [9.17, 15) is 4.79 Å². The van der Waals surface area contributed by atoms with Gasteiger partial charge in [-0.1, -0.05) is 13.3 Å². The van der Waals surface area contributed by atoms with E-state index in [1.54, 1.807) is 6.33 Å². The molecule has 5 nitrogen and oxygen atoms in total.